The molecule has 0 aromatic heterocycles. The Morgan fingerprint density at radius 2 is 1.30 bits per heavy atom. The van der Waals surface area contributed by atoms with Gasteiger partial charge in [-0.2, -0.15) is 0 Å². The summed E-state index contributed by atoms with van der Waals surface area (Å²) >= 11 is 0. The van der Waals surface area contributed by atoms with Crippen LogP contribution in [0, 0.1) is 0 Å². The first-order valence-corrected chi connectivity index (χ1v) is 11.3. The summed E-state index contributed by atoms with van der Waals surface area (Å²) in [6.07, 6.45) is 0. The average molecular weight is 419 g/mol. The molecule has 0 amide bonds. The lowest BCUT2D eigenvalue weighted by Gasteiger charge is -2.34. The quantitative estimate of drug-likeness (QED) is 0.606. The van der Waals surface area contributed by atoms with Crippen molar-refractivity contribution in [2.75, 3.05) is 38.3 Å². The summed E-state index contributed by atoms with van der Waals surface area (Å²) in [6.45, 7) is 0. The molecule has 2 rings (SSSR count). The lowest BCUT2D eigenvalue weighted by atomic mass is 9.91. The highest BCUT2D eigenvalue weighted by Crippen LogP contribution is 2.39. The van der Waals surface area contributed by atoms with Crippen molar-refractivity contribution in [1.29, 1.82) is 0 Å². The Labute approximate surface area is 158 Å². The fourth-order valence-corrected chi connectivity index (χ4v) is 8.55. The molecule has 27 heavy (non-hydrogen) atoms. The van der Waals surface area contributed by atoms with Gasteiger partial charge in [0.2, 0.25) is 0 Å². The van der Waals surface area contributed by atoms with Crippen LogP contribution in [0.25, 0.3) is 0 Å². The Morgan fingerprint density at radius 1 is 0.889 bits per heavy atom. The van der Waals surface area contributed by atoms with Crippen molar-refractivity contribution in [1.82, 2.24) is 0 Å². The Kier molecular flexibility index (Phi) is 5.85. The third-order valence-electron chi connectivity index (χ3n) is 4.42. The number of sulfone groups is 2. The normalized spacial score (nSPS) is 26.0. The summed E-state index contributed by atoms with van der Waals surface area (Å²) < 4.78 is 59.5. The van der Waals surface area contributed by atoms with Crippen LogP contribution in [0.1, 0.15) is 11.5 Å². The number of ether oxygens (including phenoxy) is 2. The molecule has 0 radical (unpaired) electrons. The van der Waals surface area contributed by atoms with Gasteiger partial charge in [-0.15, -0.1) is 0 Å². The number of carbonyl (C=O) groups is 2. The molecule has 0 spiro atoms. The Morgan fingerprint density at radius 3 is 1.63 bits per heavy atom. The molecule has 0 bridgehead atoms. The molecular formula is C16H21NO8S2. The van der Waals surface area contributed by atoms with Crippen molar-refractivity contribution in [3.8, 4) is 0 Å². The van der Waals surface area contributed by atoms with Gasteiger partial charge in [-0.1, -0.05) is 12.1 Å². The zero-order valence-electron chi connectivity index (χ0n) is 15.3. The van der Waals surface area contributed by atoms with Crippen LogP contribution < -0.4 is 4.90 Å². The number of nitrogens with zero attached hydrogens (tertiary/aromatic N) is 1. The fraction of sp³-hybridized carbons (Fsp3) is 0.500. The third-order valence-corrected chi connectivity index (χ3v) is 9.56. The second-order valence-electron chi connectivity index (χ2n) is 6.34. The number of benzene rings is 1. The SMILES string of the molecule is COC(=O)[C@H]1C(c2ccc(N(C)C)cc2)[C@H](C(=O)OC)S(=O)(=O)CS1(=O)=O. The standard InChI is InChI=1S/C16H21NO8S2/c1-17(2)11-7-5-10(6-8-11)12-13(15(18)24-3)26(20,21)9-27(22,23)14(12)16(19)25-4/h5-8,12-14H,9H2,1-4H3/t13-,14-/m1/s1. The first-order chi connectivity index (χ1) is 12.5. The van der Waals surface area contributed by atoms with Crippen LogP contribution in [-0.2, 0) is 38.7 Å². The zero-order valence-corrected chi connectivity index (χ0v) is 16.9. The first-order valence-electron chi connectivity index (χ1n) is 7.82. The number of carbonyl (C=O) groups excluding carboxylic acids is 2. The van der Waals surface area contributed by atoms with Gasteiger partial charge in [-0.05, 0) is 17.7 Å². The highest BCUT2D eigenvalue weighted by Gasteiger charge is 2.58. The summed E-state index contributed by atoms with van der Waals surface area (Å²) in [5.41, 5.74) is 0.975. The maximum atomic E-state index is 12.6. The molecule has 1 aliphatic rings. The van der Waals surface area contributed by atoms with Crippen molar-refractivity contribution in [2.24, 2.45) is 0 Å². The van der Waals surface area contributed by atoms with Gasteiger partial charge in [0.05, 0.1) is 14.2 Å². The molecule has 1 aliphatic heterocycles. The largest absolute Gasteiger partial charge is 0.468 e. The van der Waals surface area contributed by atoms with Gasteiger partial charge < -0.3 is 14.4 Å². The Hall–Kier alpha value is -2.14. The van der Waals surface area contributed by atoms with Crippen LogP contribution >= 0.6 is 0 Å². The van der Waals surface area contributed by atoms with E-state index in [1.165, 1.54) is 12.1 Å². The van der Waals surface area contributed by atoms with Crippen LogP contribution in [0.3, 0.4) is 0 Å². The van der Waals surface area contributed by atoms with Crippen LogP contribution in [0.15, 0.2) is 24.3 Å². The zero-order chi connectivity index (χ0) is 20.6. The topological polar surface area (TPSA) is 124 Å². The van der Waals surface area contributed by atoms with E-state index < -0.39 is 53.1 Å². The van der Waals surface area contributed by atoms with Crippen LogP contribution in [0.4, 0.5) is 5.69 Å². The molecule has 1 aromatic rings. The molecule has 11 heteroatoms. The van der Waals surface area contributed by atoms with Crippen LogP contribution in [-0.4, -0.2) is 72.7 Å². The van der Waals surface area contributed by atoms with Gasteiger partial charge in [0.1, 0.15) is 0 Å². The van der Waals surface area contributed by atoms with E-state index in [9.17, 15) is 26.4 Å². The van der Waals surface area contributed by atoms with Gasteiger partial charge in [-0.25, -0.2) is 16.8 Å². The molecule has 2 atom stereocenters. The fourth-order valence-electron chi connectivity index (χ4n) is 3.14. The molecule has 1 heterocycles. The van der Waals surface area contributed by atoms with E-state index >= 15 is 0 Å². The predicted molar refractivity (Wildman–Crippen MR) is 97.8 cm³/mol. The highest BCUT2D eigenvalue weighted by molar-refractivity contribution is 8.10. The molecular weight excluding hydrogens is 398 g/mol. The molecule has 9 nitrogen and oxygen atoms in total. The molecule has 150 valence electrons. The second kappa shape index (κ2) is 7.47. The molecule has 0 unspecified atom stereocenters. The van der Waals surface area contributed by atoms with Crippen LogP contribution in [0.2, 0.25) is 0 Å². The summed E-state index contributed by atoms with van der Waals surface area (Å²) in [6, 6.07) is 6.24. The van der Waals surface area contributed by atoms with Crippen molar-refractivity contribution in [3.63, 3.8) is 0 Å². The number of anilines is 1. The Bertz CT molecular complexity index is 883. The van der Waals surface area contributed by atoms with E-state index in [1.807, 2.05) is 0 Å². The highest BCUT2D eigenvalue weighted by atomic mass is 32.3. The molecule has 1 aromatic carbocycles. The number of hydrogen-bond donors (Lipinski definition) is 0. The summed E-state index contributed by atoms with van der Waals surface area (Å²) in [7, 11) is -3.26. The number of esters is 2. The Balaban J connectivity index is 2.74. The van der Waals surface area contributed by atoms with E-state index in [0.29, 0.717) is 0 Å². The summed E-state index contributed by atoms with van der Waals surface area (Å²) in [5, 5.41) is -4.99. The van der Waals surface area contributed by atoms with Crippen LogP contribution in [0.5, 0.6) is 0 Å². The lowest BCUT2D eigenvalue weighted by molar-refractivity contribution is -0.142. The maximum Gasteiger partial charge on any atom is 0.324 e. The average Bonchev–Trinajstić information content (AvgIpc) is 2.58. The van der Waals surface area contributed by atoms with Crippen molar-refractivity contribution in [2.45, 2.75) is 16.4 Å². The predicted octanol–water partition coefficient (Wildman–Crippen LogP) is -0.280. The minimum absolute atomic E-state index is 0.207. The maximum absolute atomic E-state index is 12.6. The minimum atomic E-state index is -4.42. The summed E-state index contributed by atoms with van der Waals surface area (Å²) in [4.78, 5) is 26.3. The monoisotopic (exact) mass is 419 g/mol. The molecule has 1 saturated heterocycles. The first kappa shape index (κ1) is 21.2. The van der Waals surface area contributed by atoms with E-state index in [2.05, 4.69) is 9.47 Å². The lowest BCUT2D eigenvalue weighted by Crippen LogP contribution is -2.55. The van der Waals surface area contributed by atoms with E-state index in [4.69, 9.17) is 0 Å². The van der Waals surface area contributed by atoms with Gasteiger partial charge in [0.15, 0.2) is 35.3 Å². The molecule has 0 N–H and O–H groups in total. The smallest absolute Gasteiger partial charge is 0.324 e. The third kappa shape index (κ3) is 3.93. The van der Waals surface area contributed by atoms with Crippen molar-refractivity contribution < 1.29 is 35.9 Å². The van der Waals surface area contributed by atoms with Gasteiger partial charge in [-0.3, -0.25) is 9.59 Å². The van der Waals surface area contributed by atoms with Gasteiger partial charge in [0.25, 0.3) is 0 Å². The molecule has 0 aliphatic carbocycles. The number of hydrogen-bond acceptors (Lipinski definition) is 9. The van der Waals surface area contributed by atoms with E-state index in [0.717, 1.165) is 19.9 Å². The summed E-state index contributed by atoms with van der Waals surface area (Å²) in [5.74, 6) is -3.73. The van der Waals surface area contributed by atoms with Crippen molar-refractivity contribution >= 4 is 37.3 Å². The van der Waals surface area contributed by atoms with Gasteiger partial charge in [0, 0.05) is 25.7 Å². The van der Waals surface area contributed by atoms with E-state index in [1.54, 1.807) is 31.1 Å². The number of methoxy groups -OCH3 is 2. The van der Waals surface area contributed by atoms with E-state index in [-0.39, 0.29) is 5.56 Å². The molecule has 0 saturated carbocycles. The van der Waals surface area contributed by atoms with Crippen molar-refractivity contribution in [3.05, 3.63) is 29.8 Å². The molecule has 1 fully saturated rings. The minimum Gasteiger partial charge on any atom is -0.468 e. The number of rotatable bonds is 4. The van der Waals surface area contributed by atoms with Gasteiger partial charge >= 0.3 is 11.9 Å². The second-order valence-corrected chi connectivity index (χ2v) is 11.0.